The van der Waals surface area contributed by atoms with Crippen molar-refractivity contribution in [2.75, 3.05) is 13.1 Å². The van der Waals surface area contributed by atoms with Crippen molar-refractivity contribution in [3.8, 4) is 0 Å². The van der Waals surface area contributed by atoms with Gasteiger partial charge in [0.25, 0.3) is 5.91 Å². The first kappa shape index (κ1) is 17.8. The Kier molecular flexibility index (Phi) is 5.06. The summed E-state index contributed by atoms with van der Waals surface area (Å²) in [7, 11) is 0. The minimum absolute atomic E-state index is 0.230. The van der Waals surface area contributed by atoms with Crippen molar-refractivity contribution in [1.82, 2.24) is 15.6 Å². The van der Waals surface area contributed by atoms with E-state index in [2.05, 4.69) is 16.7 Å². The molecule has 3 N–H and O–H groups in total. The summed E-state index contributed by atoms with van der Waals surface area (Å²) in [5.41, 5.74) is 0.650. The Morgan fingerprint density at radius 3 is 2.80 bits per heavy atom. The monoisotopic (exact) mass is 361 g/mol. The summed E-state index contributed by atoms with van der Waals surface area (Å²) in [5.74, 6) is -0.246. The van der Waals surface area contributed by atoms with Crippen LogP contribution in [0.15, 0.2) is 24.3 Å². The first-order valence-electron chi connectivity index (χ1n) is 8.64. The highest BCUT2D eigenvalue weighted by molar-refractivity contribution is 7.18. The molecule has 0 aliphatic carbocycles. The number of para-hydroxylation sites is 1. The number of aromatic nitrogens is 1. The van der Waals surface area contributed by atoms with Crippen LogP contribution in [-0.2, 0) is 4.79 Å². The van der Waals surface area contributed by atoms with Gasteiger partial charge in [-0.15, -0.1) is 11.3 Å². The highest BCUT2D eigenvalue weighted by Gasteiger charge is 2.34. The van der Waals surface area contributed by atoms with Gasteiger partial charge >= 0.3 is 6.03 Å². The van der Waals surface area contributed by atoms with E-state index in [4.69, 9.17) is 4.98 Å². The van der Waals surface area contributed by atoms with E-state index in [0.29, 0.717) is 0 Å². The normalized spacial score (nSPS) is 20.6. The number of imide groups is 1. The van der Waals surface area contributed by atoms with Gasteiger partial charge in [-0.05, 0) is 32.9 Å². The van der Waals surface area contributed by atoms with Gasteiger partial charge in [-0.25, -0.2) is 9.78 Å². The average molecular weight is 361 g/mol. The number of likely N-dealkylation sites (tertiary alicyclic amines) is 1. The molecule has 2 aromatic rings. The zero-order chi connectivity index (χ0) is 18.0. The first-order valence-corrected chi connectivity index (χ1v) is 9.45. The second kappa shape index (κ2) is 7.09. The molecule has 7 heteroatoms. The molecule has 1 aromatic heterocycles. The Bertz CT molecular complexity index is 748. The summed E-state index contributed by atoms with van der Waals surface area (Å²) < 4.78 is 1.18. The molecule has 6 nitrogen and oxygen atoms in total. The van der Waals surface area contributed by atoms with Crippen LogP contribution >= 0.6 is 11.3 Å². The van der Waals surface area contributed by atoms with E-state index < -0.39 is 6.03 Å². The molecule has 25 heavy (non-hydrogen) atoms. The Labute approximate surface area is 151 Å². The number of amides is 3. The minimum Gasteiger partial charge on any atom is -0.333 e. The van der Waals surface area contributed by atoms with E-state index in [-0.39, 0.29) is 24.0 Å². The molecule has 2 heterocycles. The number of urea groups is 1. The lowest BCUT2D eigenvalue weighted by Gasteiger charge is -2.22. The fraction of sp³-hybridized carbons (Fsp3) is 0.500. The second-order valence-electron chi connectivity index (χ2n) is 7.55. The van der Waals surface area contributed by atoms with Crippen molar-refractivity contribution in [2.45, 2.75) is 45.2 Å². The molecule has 1 aromatic carbocycles. The van der Waals surface area contributed by atoms with E-state index in [1.807, 2.05) is 39.0 Å². The van der Waals surface area contributed by atoms with Crippen LogP contribution in [-0.4, -0.2) is 35.6 Å². The molecule has 1 saturated heterocycles. The number of fused-ring (bicyclic) bond motifs is 1. The number of rotatable bonds is 3. The number of thiazole rings is 1. The second-order valence-corrected chi connectivity index (χ2v) is 8.61. The molecule has 1 aliphatic heterocycles. The van der Waals surface area contributed by atoms with E-state index in [1.54, 1.807) is 11.3 Å². The number of carbonyl (C=O) groups is 2. The maximum atomic E-state index is 12.2. The molecule has 2 atom stereocenters. The summed E-state index contributed by atoms with van der Waals surface area (Å²) in [6, 6.07) is 7.90. The average Bonchev–Trinajstić information content (AvgIpc) is 3.10. The first-order chi connectivity index (χ1) is 11.8. The third-order valence-electron chi connectivity index (χ3n) is 4.22. The number of nitrogens with one attached hydrogen (secondary N) is 3. The van der Waals surface area contributed by atoms with Crippen molar-refractivity contribution in [3.05, 3.63) is 29.3 Å². The van der Waals surface area contributed by atoms with Crippen molar-refractivity contribution >= 4 is 33.5 Å². The van der Waals surface area contributed by atoms with Crippen LogP contribution in [0.3, 0.4) is 0 Å². The summed E-state index contributed by atoms with van der Waals surface area (Å²) >= 11 is 1.70. The molecule has 0 saturated carbocycles. The number of carbonyl (C=O) groups excluding carboxylic acids is 2. The van der Waals surface area contributed by atoms with Gasteiger partial charge < -0.3 is 10.2 Å². The van der Waals surface area contributed by atoms with E-state index in [0.717, 1.165) is 29.9 Å². The van der Waals surface area contributed by atoms with Crippen LogP contribution in [0.1, 0.15) is 44.7 Å². The maximum Gasteiger partial charge on any atom is 0.322 e. The minimum atomic E-state index is -0.437. The van der Waals surface area contributed by atoms with Crippen molar-refractivity contribution in [2.24, 2.45) is 0 Å². The molecule has 0 spiro atoms. The summed E-state index contributed by atoms with van der Waals surface area (Å²) in [4.78, 5) is 30.0. The summed E-state index contributed by atoms with van der Waals surface area (Å²) in [6.45, 7) is 6.86. The van der Waals surface area contributed by atoms with E-state index >= 15 is 0 Å². The molecule has 1 aliphatic rings. The van der Waals surface area contributed by atoms with E-state index in [1.165, 1.54) is 9.60 Å². The standard InChI is InChI=1S/C18H24N4O2S/c1-18(2,3)21-17(24)20-15(23)11-22-10-6-8-13(22)16-19-12-7-4-5-9-14(12)25-16/h4-5,7,9,13H,6,8,10-11H2,1-3H3,(H2,20,21,23,24)/p+1/t13-/m1/s1. The largest absolute Gasteiger partial charge is 0.333 e. The number of quaternary nitrogens is 1. The van der Waals surface area contributed by atoms with Crippen LogP contribution in [0.5, 0.6) is 0 Å². The Balaban J connectivity index is 1.63. The van der Waals surface area contributed by atoms with Gasteiger partial charge in [0.05, 0.1) is 16.8 Å². The predicted octanol–water partition coefficient (Wildman–Crippen LogP) is 1.64. The molecule has 3 rings (SSSR count). The van der Waals surface area contributed by atoms with Gasteiger partial charge in [-0.3, -0.25) is 10.1 Å². The zero-order valence-electron chi connectivity index (χ0n) is 14.9. The van der Waals surface area contributed by atoms with Gasteiger partial charge in [0.15, 0.2) is 11.6 Å². The number of benzene rings is 1. The Hall–Kier alpha value is -1.99. The number of nitrogens with zero attached hydrogens (tertiary/aromatic N) is 1. The van der Waals surface area contributed by atoms with Crippen LogP contribution in [0.4, 0.5) is 4.79 Å². The van der Waals surface area contributed by atoms with Gasteiger partial charge in [-0.1, -0.05) is 12.1 Å². The summed E-state index contributed by atoms with van der Waals surface area (Å²) in [5, 5.41) is 6.26. The predicted molar refractivity (Wildman–Crippen MR) is 98.7 cm³/mol. The van der Waals surface area contributed by atoms with Crippen molar-refractivity contribution < 1.29 is 14.5 Å². The lowest BCUT2D eigenvalue weighted by Crippen LogP contribution is -3.11. The Morgan fingerprint density at radius 2 is 2.08 bits per heavy atom. The van der Waals surface area contributed by atoms with Gasteiger partial charge in [0.1, 0.15) is 6.04 Å². The Morgan fingerprint density at radius 1 is 1.32 bits per heavy atom. The van der Waals surface area contributed by atoms with Crippen molar-refractivity contribution in [1.29, 1.82) is 0 Å². The van der Waals surface area contributed by atoms with Crippen LogP contribution in [0, 0.1) is 0 Å². The molecule has 134 valence electrons. The van der Waals surface area contributed by atoms with E-state index in [9.17, 15) is 9.59 Å². The third kappa shape index (κ3) is 4.55. The molecule has 1 fully saturated rings. The highest BCUT2D eigenvalue weighted by atomic mass is 32.1. The number of hydrogen-bond donors (Lipinski definition) is 3. The van der Waals surface area contributed by atoms with Crippen LogP contribution < -0.4 is 15.5 Å². The zero-order valence-corrected chi connectivity index (χ0v) is 15.7. The third-order valence-corrected chi connectivity index (χ3v) is 5.37. The van der Waals surface area contributed by atoms with Crippen LogP contribution in [0.2, 0.25) is 0 Å². The molecular weight excluding hydrogens is 336 g/mol. The smallest absolute Gasteiger partial charge is 0.322 e. The fourth-order valence-corrected chi connectivity index (χ4v) is 4.37. The lowest BCUT2D eigenvalue weighted by atomic mass is 10.1. The number of hydrogen-bond acceptors (Lipinski definition) is 4. The SMILES string of the molecule is CC(C)(C)NC(=O)NC(=O)C[NH+]1CCC[C@@H]1c1nc2ccccc2s1. The fourth-order valence-electron chi connectivity index (χ4n) is 3.21. The molecule has 0 radical (unpaired) electrons. The summed E-state index contributed by atoms with van der Waals surface area (Å²) in [6.07, 6.45) is 2.09. The van der Waals surface area contributed by atoms with Crippen LogP contribution in [0.25, 0.3) is 10.2 Å². The highest BCUT2D eigenvalue weighted by Crippen LogP contribution is 2.28. The van der Waals surface area contributed by atoms with Crippen molar-refractivity contribution in [3.63, 3.8) is 0 Å². The van der Waals surface area contributed by atoms with Gasteiger partial charge in [-0.2, -0.15) is 0 Å². The van der Waals surface area contributed by atoms with Gasteiger partial charge in [0, 0.05) is 18.4 Å². The topological polar surface area (TPSA) is 75.5 Å². The molecular formula is C18H25N4O2S+. The molecule has 0 bridgehead atoms. The molecule has 1 unspecified atom stereocenters. The quantitative estimate of drug-likeness (QED) is 0.778. The maximum absolute atomic E-state index is 12.2. The molecule has 3 amide bonds. The lowest BCUT2D eigenvalue weighted by molar-refractivity contribution is -0.910. The van der Waals surface area contributed by atoms with Gasteiger partial charge in [0.2, 0.25) is 0 Å².